The summed E-state index contributed by atoms with van der Waals surface area (Å²) in [6.45, 7) is 2.07. The van der Waals surface area contributed by atoms with Gasteiger partial charge in [0.2, 0.25) is 0 Å². The molecule has 1 aliphatic carbocycles. The SMILES string of the molecule is CCC[C@@]12CCC(=O)C=C1c1c(cc(O)c(Cl)c1Cl)O2. The Morgan fingerprint density at radius 2 is 2.15 bits per heavy atom. The van der Waals surface area contributed by atoms with E-state index in [2.05, 4.69) is 6.92 Å². The van der Waals surface area contributed by atoms with Crippen molar-refractivity contribution in [2.45, 2.75) is 38.2 Å². The highest BCUT2D eigenvalue weighted by Gasteiger charge is 2.47. The number of hydrogen-bond donors (Lipinski definition) is 1. The third-order valence-corrected chi connectivity index (χ3v) is 4.81. The van der Waals surface area contributed by atoms with Crippen molar-refractivity contribution in [2.24, 2.45) is 0 Å². The van der Waals surface area contributed by atoms with Crippen LogP contribution in [-0.4, -0.2) is 16.5 Å². The summed E-state index contributed by atoms with van der Waals surface area (Å²) in [7, 11) is 0. The summed E-state index contributed by atoms with van der Waals surface area (Å²) in [5, 5.41) is 10.1. The fourth-order valence-corrected chi connectivity index (χ4v) is 3.52. The Bertz CT molecular complexity index is 636. The Balaban J connectivity index is 2.24. The van der Waals surface area contributed by atoms with Gasteiger partial charge in [-0.1, -0.05) is 36.5 Å². The van der Waals surface area contributed by atoms with Gasteiger partial charge in [0.15, 0.2) is 5.78 Å². The Hall–Kier alpha value is -1.19. The highest BCUT2D eigenvalue weighted by atomic mass is 35.5. The number of phenolic OH excluding ortho intramolecular Hbond substituents is 1. The number of halogens is 2. The van der Waals surface area contributed by atoms with Crippen molar-refractivity contribution in [2.75, 3.05) is 0 Å². The molecular formula is C15H14Cl2O3. The predicted molar refractivity (Wildman–Crippen MR) is 78.6 cm³/mol. The van der Waals surface area contributed by atoms with Crippen LogP contribution >= 0.6 is 23.2 Å². The summed E-state index contributed by atoms with van der Waals surface area (Å²) in [6, 6.07) is 1.48. The molecule has 1 aliphatic heterocycles. The number of hydrogen-bond acceptors (Lipinski definition) is 3. The standard InChI is InChI=1S/C15H14Cl2O3/c1-2-4-15-5-3-8(18)6-9(15)12-11(20-15)7-10(19)13(16)14(12)17/h6-7,19H,2-5H2,1H3/t15-/m1/s1. The van der Waals surface area contributed by atoms with E-state index in [4.69, 9.17) is 27.9 Å². The van der Waals surface area contributed by atoms with Crippen molar-refractivity contribution in [3.8, 4) is 11.5 Å². The molecule has 1 aromatic rings. The molecule has 0 bridgehead atoms. The quantitative estimate of drug-likeness (QED) is 0.881. The molecule has 0 unspecified atom stereocenters. The van der Waals surface area contributed by atoms with E-state index in [1.807, 2.05) is 0 Å². The van der Waals surface area contributed by atoms with Crippen molar-refractivity contribution in [3.05, 3.63) is 27.8 Å². The monoisotopic (exact) mass is 312 g/mol. The minimum Gasteiger partial charge on any atom is -0.506 e. The second kappa shape index (κ2) is 4.68. The van der Waals surface area contributed by atoms with Crippen molar-refractivity contribution in [1.82, 2.24) is 0 Å². The number of carbonyl (C=O) groups is 1. The average Bonchev–Trinajstić information content (AvgIpc) is 2.70. The summed E-state index contributed by atoms with van der Waals surface area (Å²) >= 11 is 12.3. The fraction of sp³-hybridized carbons (Fsp3) is 0.400. The number of carbonyl (C=O) groups excluding carboxylic acids is 1. The van der Waals surface area contributed by atoms with Crippen LogP contribution in [0.1, 0.15) is 38.2 Å². The average molecular weight is 313 g/mol. The third kappa shape index (κ3) is 1.84. The predicted octanol–water partition coefficient (Wildman–Crippen LogP) is 4.38. The van der Waals surface area contributed by atoms with Crippen LogP contribution in [0.4, 0.5) is 0 Å². The molecule has 1 aromatic carbocycles. The number of aromatic hydroxyl groups is 1. The van der Waals surface area contributed by atoms with Gasteiger partial charge < -0.3 is 9.84 Å². The topological polar surface area (TPSA) is 46.5 Å². The Morgan fingerprint density at radius 1 is 1.40 bits per heavy atom. The molecule has 0 radical (unpaired) electrons. The van der Waals surface area contributed by atoms with Crippen LogP contribution in [0.3, 0.4) is 0 Å². The normalized spacial score (nSPS) is 23.9. The molecule has 3 rings (SSSR count). The van der Waals surface area contributed by atoms with Gasteiger partial charge in [-0.15, -0.1) is 0 Å². The lowest BCUT2D eigenvalue weighted by molar-refractivity contribution is -0.115. The second-order valence-corrected chi connectivity index (χ2v) is 6.02. The molecule has 106 valence electrons. The number of fused-ring (bicyclic) bond motifs is 3. The van der Waals surface area contributed by atoms with Crippen molar-refractivity contribution in [3.63, 3.8) is 0 Å². The summed E-state index contributed by atoms with van der Waals surface area (Å²) in [5.74, 6) is 0.474. The van der Waals surface area contributed by atoms with Gasteiger partial charge in [-0.2, -0.15) is 0 Å². The molecule has 1 N–H and O–H groups in total. The Labute approximate surface area is 127 Å². The van der Waals surface area contributed by atoms with Crippen molar-refractivity contribution >= 4 is 34.6 Å². The van der Waals surface area contributed by atoms with E-state index in [-0.39, 0.29) is 21.6 Å². The van der Waals surface area contributed by atoms with E-state index >= 15 is 0 Å². The maximum absolute atomic E-state index is 11.8. The summed E-state index contributed by atoms with van der Waals surface area (Å²) in [5.41, 5.74) is 0.944. The highest BCUT2D eigenvalue weighted by molar-refractivity contribution is 6.44. The molecule has 3 nitrogen and oxygen atoms in total. The lowest BCUT2D eigenvalue weighted by atomic mass is 9.78. The molecule has 0 spiro atoms. The smallest absolute Gasteiger partial charge is 0.156 e. The fourth-order valence-electron chi connectivity index (χ4n) is 3.08. The molecule has 20 heavy (non-hydrogen) atoms. The molecule has 0 saturated carbocycles. The van der Waals surface area contributed by atoms with E-state index in [1.54, 1.807) is 6.08 Å². The minimum atomic E-state index is -0.508. The highest BCUT2D eigenvalue weighted by Crippen LogP contribution is 2.55. The molecule has 0 fully saturated rings. The van der Waals surface area contributed by atoms with Crippen LogP contribution in [0, 0.1) is 0 Å². The second-order valence-electron chi connectivity index (χ2n) is 5.27. The molecule has 1 heterocycles. The van der Waals surface area contributed by atoms with Crippen LogP contribution in [0.5, 0.6) is 11.5 Å². The first-order valence-corrected chi connectivity index (χ1v) is 7.39. The maximum atomic E-state index is 11.8. The van der Waals surface area contributed by atoms with Crippen LogP contribution in [0.25, 0.3) is 5.57 Å². The van der Waals surface area contributed by atoms with Crippen LogP contribution in [-0.2, 0) is 4.79 Å². The Morgan fingerprint density at radius 3 is 2.85 bits per heavy atom. The van der Waals surface area contributed by atoms with Gasteiger partial charge in [-0.25, -0.2) is 0 Å². The number of benzene rings is 1. The van der Waals surface area contributed by atoms with Gasteiger partial charge in [-0.05, 0) is 18.9 Å². The summed E-state index contributed by atoms with van der Waals surface area (Å²) in [4.78, 5) is 11.8. The van der Waals surface area contributed by atoms with Gasteiger partial charge in [0.1, 0.15) is 22.1 Å². The largest absolute Gasteiger partial charge is 0.506 e. The molecule has 0 aromatic heterocycles. The van der Waals surface area contributed by atoms with Crippen LogP contribution in [0.15, 0.2) is 12.1 Å². The minimum absolute atomic E-state index is 0.0726. The maximum Gasteiger partial charge on any atom is 0.156 e. The first-order valence-electron chi connectivity index (χ1n) is 6.64. The van der Waals surface area contributed by atoms with Gasteiger partial charge in [0.25, 0.3) is 0 Å². The zero-order valence-corrected chi connectivity index (χ0v) is 12.5. The zero-order valence-electron chi connectivity index (χ0n) is 11.0. The lowest BCUT2D eigenvalue weighted by Crippen LogP contribution is -2.36. The molecule has 0 amide bonds. The molecule has 0 saturated heterocycles. The number of allylic oxidation sites excluding steroid dienone is 1. The van der Waals surface area contributed by atoms with Gasteiger partial charge in [-0.3, -0.25) is 4.79 Å². The molecule has 5 heteroatoms. The first kappa shape index (κ1) is 13.8. The van der Waals surface area contributed by atoms with Gasteiger partial charge >= 0.3 is 0 Å². The molecule has 2 aliphatic rings. The van der Waals surface area contributed by atoms with E-state index < -0.39 is 5.60 Å². The molecular weight excluding hydrogens is 299 g/mol. The number of ketones is 1. The van der Waals surface area contributed by atoms with Crippen molar-refractivity contribution < 1.29 is 14.6 Å². The van der Waals surface area contributed by atoms with Gasteiger partial charge in [0, 0.05) is 23.6 Å². The van der Waals surface area contributed by atoms with E-state index in [0.717, 1.165) is 18.4 Å². The van der Waals surface area contributed by atoms with Crippen LogP contribution < -0.4 is 4.74 Å². The summed E-state index contributed by atoms with van der Waals surface area (Å²) in [6.07, 6.45) is 4.44. The van der Waals surface area contributed by atoms with E-state index in [0.29, 0.717) is 24.2 Å². The Kier molecular flexibility index (Phi) is 3.22. The summed E-state index contributed by atoms with van der Waals surface area (Å²) < 4.78 is 6.08. The van der Waals surface area contributed by atoms with E-state index in [1.165, 1.54) is 6.07 Å². The van der Waals surface area contributed by atoms with Crippen molar-refractivity contribution in [1.29, 1.82) is 0 Å². The third-order valence-electron chi connectivity index (χ3n) is 3.95. The number of rotatable bonds is 2. The number of ether oxygens (including phenoxy) is 1. The van der Waals surface area contributed by atoms with Crippen LogP contribution in [0.2, 0.25) is 10.0 Å². The van der Waals surface area contributed by atoms with E-state index in [9.17, 15) is 9.90 Å². The lowest BCUT2D eigenvalue weighted by Gasteiger charge is -2.32. The first-order chi connectivity index (χ1) is 9.48. The zero-order chi connectivity index (χ0) is 14.5. The number of phenols is 1. The van der Waals surface area contributed by atoms with Gasteiger partial charge in [0.05, 0.1) is 5.02 Å². The molecule has 1 atom stereocenters.